The summed E-state index contributed by atoms with van der Waals surface area (Å²) >= 11 is 0. The molecule has 0 saturated carbocycles. The molecule has 3 aromatic rings. The lowest BCUT2D eigenvalue weighted by molar-refractivity contribution is -0.131. The number of unbranched alkanes of at least 4 members (excludes halogenated alkanes) is 2. The number of alkyl carbamates (subject to hydrolysis) is 1. The second-order valence-electron chi connectivity index (χ2n) is 9.70. The lowest BCUT2D eigenvalue weighted by Gasteiger charge is -2.22. The minimum atomic E-state index is -0.997. The third-order valence-corrected chi connectivity index (χ3v) is 6.44. The second kappa shape index (κ2) is 17.1. The number of hydrogen-bond acceptors (Lipinski definition) is 7. The van der Waals surface area contributed by atoms with Gasteiger partial charge in [0.05, 0.1) is 19.1 Å². The van der Waals surface area contributed by atoms with Crippen molar-refractivity contribution in [2.24, 2.45) is 5.73 Å². The standard InChI is InChI=1S/C30H38N6O6/c1-41-24-13-11-21(12-14-24)16-26(29(39)36-25(28(31)38)17-23-18-32-20-34-23)35-27(37)10-6-3-7-15-33-30(40)42-19-22-8-4-2-5-9-22/h2,4-5,8-9,11-14,18,20,25-26H,3,6-7,10,15-17,19H2,1H3,(H2,31,38)(H,32,34)(H,33,40)(H,35,37)(H,36,39)/t25-,26-/m0/s1. The molecule has 0 aliphatic rings. The summed E-state index contributed by atoms with van der Waals surface area (Å²) in [6.45, 7) is 0.615. The highest BCUT2D eigenvalue weighted by Gasteiger charge is 2.26. The van der Waals surface area contributed by atoms with Gasteiger partial charge in [0.2, 0.25) is 17.7 Å². The van der Waals surface area contributed by atoms with Crippen LogP contribution in [0.4, 0.5) is 4.79 Å². The highest BCUT2D eigenvalue weighted by molar-refractivity contribution is 5.91. The van der Waals surface area contributed by atoms with Crippen LogP contribution in [-0.2, 0) is 38.6 Å². The van der Waals surface area contributed by atoms with Gasteiger partial charge in [-0.05, 0) is 36.1 Å². The number of benzene rings is 2. The summed E-state index contributed by atoms with van der Waals surface area (Å²) in [6.07, 6.45) is 5.00. The molecule has 42 heavy (non-hydrogen) atoms. The minimum Gasteiger partial charge on any atom is -0.497 e. The number of nitrogens with two attached hydrogens (primary N) is 1. The average Bonchev–Trinajstić information content (AvgIpc) is 3.51. The second-order valence-corrected chi connectivity index (χ2v) is 9.70. The molecule has 0 spiro atoms. The third-order valence-electron chi connectivity index (χ3n) is 6.44. The normalized spacial score (nSPS) is 12.0. The van der Waals surface area contributed by atoms with E-state index in [1.807, 2.05) is 30.3 Å². The lowest BCUT2D eigenvalue weighted by Crippen LogP contribution is -2.54. The number of carbonyl (C=O) groups is 4. The first-order valence-corrected chi connectivity index (χ1v) is 13.8. The molecule has 2 aromatic carbocycles. The fourth-order valence-corrected chi connectivity index (χ4v) is 4.13. The molecule has 0 aliphatic carbocycles. The Bertz CT molecular complexity index is 1270. The quantitative estimate of drug-likeness (QED) is 0.152. The van der Waals surface area contributed by atoms with Gasteiger partial charge in [0, 0.05) is 32.0 Å². The zero-order chi connectivity index (χ0) is 30.2. The Hall–Kier alpha value is -4.87. The molecule has 224 valence electrons. The van der Waals surface area contributed by atoms with Gasteiger partial charge in [-0.15, -0.1) is 0 Å². The van der Waals surface area contributed by atoms with Gasteiger partial charge in [0.1, 0.15) is 24.4 Å². The molecule has 0 radical (unpaired) electrons. The van der Waals surface area contributed by atoms with Crippen molar-refractivity contribution in [2.45, 2.75) is 57.2 Å². The van der Waals surface area contributed by atoms with Crippen molar-refractivity contribution in [3.05, 3.63) is 83.9 Å². The van der Waals surface area contributed by atoms with E-state index in [1.54, 1.807) is 37.6 Å². The van der Waals surface area contributed by atoms with E-state index in [4.69, 9.17) is 15.2 Å². The Morgan fingerprint density at radius 1 is 0.905 bits per heavy atom. The number of carbonyl (C=O) groups excluding carboxylic acids is 4. The molecule has 0 unspecified atom stereocenters. The topological polar surface area (TPSA) is 178 Å². The summed E-state index contributed by atoms with van der Waals surface area (Å²) in [5.74, 6) is -0.882. The number of methoxy groups -OCH3 is 1. The van der Waals surface area contributed by atoms with Crippen molar-refractivity contribution >= 4 is 23.8 Å². The number of aromatic nitrogens is 2. The first-order valence-electron chi connectivity index (χ1n) is 13.8. The number of ether oxygens (including phenoxy) is 2. The fraction of sp³-hybridized carbons (Fsp3) is 0.367. The predicted octanol–water partition coefficient (Wildman–Crippen LogP) is 2.15. The number of nitrogens with zero attached hydrogens (tertiary/aromatic N) is 1. The van der Waals surface area contributed by atoms with E-state index in [9.17, 15) is 19.2 Å². The van der Waals surface area contributed by atoms with E-state index in [2.05, 4.69) is 25.9 Å². The van der Waals surface area contributed by atoms with Gasteiger partial charge in [-0.3, -0.25) is 14.4 Å². The molecule has 1 aromatic heterocycles. The maximum absolute atomic E-state index is 13.2. The van der Waals surface area contributed by atoms with Crippen LogP contribution in [0.3, 0.4) is 0 Å². The van der Waals surface area contributed by atoms with Gasteiger partial charge in [0.15, 0.2) is 0 Å². The smallest absolute Gasteiger partial charge is 0.407 e. The summed E-state index contributed by atoms with van der Waals surface area (Å²) in [6, 6.07) is 14.6. The van der Waals surface area contributed by atoms with Crippen molar-refractivity contribution in [2.75, 3.05) is 13.7 Å². The number of H-pyrrole nitrogens is 1. The van der Waals surface area contributed by atoms with Gasteiger partial charge in [-0.2, -0.15) is 0 Å². The lowest BCUT2D eigenvalue weighted by atomic mass is 10.0. The molecule has 0 bridgehead atoms. The van der Waals surface area contributed by atoms with Crippen molar-refractivity contribution in [1.82, 2.24) is 25.9 Å². The van der Waals surface area contributed by atoms with Gasteiger partial charge in [-0.25, -0.2) is 9.78 Å². The van der Waals surface area contributed by atoms with Gasteiger partial charge in [0.25, 0.3) is 0 Å². The Labute approximate surface area is 244 Å². The largest absolute Gasteiger partial charge is 0.497 e. The maximum atomic E-state index is 13.2. The third kappa shape index (κ3) is 11.3. The molecule has 4 amide bonds. The van der Waals surface area contributed by atoms with Crippen molar-refractivity contribution < 1.29 is 28.7 Å². The minimum absolute atomic E-state index is 0.113. The highest BCUT2D eigenvalue weighted by atomic mass is 16.5. The number of aromatic amines is 1. The summed E-state index contributed by atoms with van der Waals surface area (Å²) in [5, 5.41) is 8.15. The summed E-state index contributed by atoms with van der Waals surface area (Å²) in [4.78, 5) is 56.8. The fourth-order valence-electron chi connectivity index (χ4n) is 4.13. The van der Waals surface area contributed by atoms with E-state index >= 15 is 0 Å². The molecule has 12 heteroatoms. The van der Waals surface area contributed by atoms with Crippen LogP contribution in [0.5, 0.6) is 5.75 Å². The van der Waals surface area contributed by atoms with E-state index in [-0.39, 0.29) is 31.8 Å². The molecule has 3 rings (SSSR count). The zero-order valence-corrected chi connectivity index (χ0v) is 23.6. The Morgan fingerprint density at radius 2 is 1.67 bits per heavy atom. The average molecular weight is 579 g/mol. The maximum Gasteiger partial charge on any atom is 0.407 e. The van der Waals surface area contributed by atoms with Gasteiger partial charge < -0.3 is 36.1 Å². The molecular weight excluding hydrogens is 540 g/mol. The van der Waals surface area contributed by atoms with Crippen LogP contribution in [-0.4, -0.2) is 59.5 Å². The Kier molecular flexibility index (Phi) is 12.9. The Balaban J connectivity index is 1.46. The SMILES string of the molecule is COc1ccc(C[C@H](NC(=O)CCCCCNC(=O)OCc2ccccc2)C(=O)N[C@@H](Cc2c[nH]cn2)C(N)=O)cc1. The summed E-state index contributed by atoms with van der Waals surface area (Å²) in [7, 11) is 1.56. The summed E-state index contributed by atoms with van der Waals surface area (Å²) < 4.78 is 10.4. The zero-order valence-electron chi connectivity index (χ0n) is 23.6. The van der Waals surface area contributed by atoms with E-state index in [0.29, 0.717) is 37.3 Å². The van der Waals surface area contributed by atoms with E-state index in [0.717, 1.165) is 11.1 Å². The number of nitrogens with one attached hydrogen (secondary N) is 4. The molecule has 12 nitrogen and oxygen atoms in total. The monoisotopic (exact) mass is 578 g/mol. The number of amides is 4. The van der Waals surface area contributed by atoms with Crippen molar-refractivity contribution in [3.63, 3.8) is 0 Å². The molecule has 2 atom stereocenters. The Morgan fingerprint density at radius 3 is 2.33 bits per heavy atom. The van der Waals surface area contributed by atoms with Crippen LogP contribution in [0.15, 0.2) is 67.1 Å². The van der Waals surface area contributed by atoms with Crippen LogP contribution < -0.4 is 26.4 Å². The van der Waals surface area contributed by atoms with Crippen molar-refractivity contribution in [3.8, 4) is 5.75 Å². The first-order chi connectivity index (χ1) is 20.3. The van der Waals surface area contributed by atoms with Crippen LogP contribution in [0.25, 0.3) is 0 Å². The number of hydrogen-bond donors (Lipinski definition) is 5. The number of imidazole rings is 1. The number of rotatable bonds is 17. The van der Waals surface area contributed by atoms with Gasteiger partial charge in [-0.1, -0.05) is 48.9 Å². The number of primary amides is 1. The highest BCUT2D eigenvalue weighted by Crippen LogP contribution is 2.13. The van der Waals surface area contributed by atoms with E-state index < -0.39 is 30.0 Å². The predicted molar refractivity (Wildman–Crippen MR) is 155 cm³/mol. The summed E-state index contributed by atoms with van der Waals surface area (Å²) in [5.41, 5.74) is 7.79. The van der Waals surface area contributed by atoms with Gasteiger partial charge >= 0.3 is 6.09 Å². The van der Waals surface area contributed by atoms with Crippen LogP contribution in [0, 0.1) is 0 Å². The van der Waals surface area contributed by atoms with E-state index in [1.165, 1.54) is 6.33 Å². The molecule has 0 aliphatic heterocycles. The van der Waals surface area contributed by atoms with Crippen LogP contribution in [0.2, 0.25) is 0 Å². The molecule has 6 N–H and O–H groups in total. The van der Waals surface area contributed by atoms with Crippen LogP contribution >= 0.6 is 0 Å². The molecule has 0 fully saturated rings. The molecular formula is C30H38N6O6. The molecule has 1 heterocycles. The van der Waals surface area contributed by atoms with Crippen molar-refractivity contribution in [1.29, 1.82) is 0 Å². The first kappa shape index (κ1) is 31.7. The van der Waals surface area contributed by atoms with Crippen LogP contribution in [0.1, 0.15) is 42.5 Å². The molecule has 0 saturated heterocycles.